The van der Waals surface area contributed by atoms with Crippen LogP contribution in [0.15, 0.2) is 54.2 Å². The van der Waals surface area contributed by atoms with Gasteiger partial charge in [0.25, 0.3) is 6.29 Å². The number of halogens is 3. The summed E-state index contributed by atoms with van der Waals surface area (Å²) in [5.41, 5.74) is 1.25. The minimum atomic E-state index is -1.29. The third kappa shape index (κ3) is 4.25. The SMILES string of the molecule is C=CC(CO)n1cc(-c2cnc3[nH]c(=O)n(OC(OC)c4c(Cl)ccc(F)c4Cl)c3c2)cn1. The van der Waals surface area contributed by atoms with Crippen molar-refractivity contribution in [3.8, 4) is 11.1 Å². The van der Waals surface area contributed by atoms with Crippen molar-refractivity contribution in [3.05, 3.63) is 81.4 Å². The molecule has 1 aromatic carbocycles. The minimum absolute atomic E-state index is 0.0342. The number of nitrogens with one attached hydrogen (secondary N) is 1. The molecule has 2 unspecified atom stereocenters. The van der Waals surface area contributed by atoms with Crippen molar-refractivity contribution in [1.82, 2.24) is 24.5 Å². The maximum absolute atomic E-state index is 14.0. The maximum atomic E-state index is 14.0. The zero-order valence-corrected chi connectivity index (χ0v) is 18.7. The van der Waals surface area contributed by atoms with Crippen LogP contribution in [0.2, 0.25) is 10.0 Å². The maximum Gasteiger partial charge on any atom is 0.360 e. The van der Waals surface area contributed by atoms with Gasteiger partial charge in [0.2, 0.25) is 0 Å². The van der Waals surface area contributed by atoms with Crippen molar-refractivity contribution in [2.45, 2.75) is 12.3 Å². The van der Waals surface area contributed by atoms with Gasteiger partial charge in [-0.2, -0.15) is 5.10 Å². The number of fused-ring (bicyclic) bond motifs is 1. The van der Waals surface area contributed by atoms with E-state index in [1.165, 1.54) is 13.2 Å². The number of aromatic nitrogens is 5. The van der Waals surface area contributed by atoms with Gasteiger partial charge in [-0.3, -0.25) is 9.67 Å². The lowest BCUT2D eigenvalue weighted by molar-refractivity contribution is -0.130. The number of methoxy groups -OCH3 is 1. The molecule has 0 aliphatic heterocycles. The quantitative estimate of drug-likeness (QED) is 0.221. The van der Waals surface area contributed by atoms with Crippen LogP contribution in [0.3, 0.4) is 0 Å². The van der Waals surface area contributed by atoms with Crippen LogP contribution in [-0.2, 0) is 4.74 Å². The third-order valence-electron chi connectivity index (χ3n) is 4.96. The monoisotopic (exact) mass is 493 g/mol. The van der Waals surface area contributed by atoms with E-state index in [1.54, 1.807) is 35.4 Å². The van der Waals surface area contributed by atoms with Gasteiger partial charge < -0.3 is 14.7 Å². The molecule has 0 saturated carbocycles. The molecule has 3 heterocycles. The van der Waals surface area contributed by atoms with Gasteiger partial charge in [-0.1, -0.05) is 29.3 Å². The second-order valence-electron chi connectivity index (χ2n) is 6.94. The minimum Gasteiger partial charge on any atom is -0.394 e. The molecule has 12 heteroatoms. The highest BCUT2D eigenvalue weighted by atomic mass is 35.5. The topological polar surface area (TPSA) is 107 Å². The van der Waals surface area contributed by atoms with Crippen LogP contribution >= 0.6 is 23.2 Å². The first-order valence-electron chi connectivity index (χ1n) is 9.60. The van der Waals surface area contributed by atoms with E-state index < -0.39 is 17.8 Å². The molecule has 3 aromatic heterocycles. The number of rotatable bonds is 8. The average molecular weight is 494 g/mol. The molecule has 2 N–H and O–H groups in total. The normalized spacial score (nSPS) is 13.2. The second-order valence-corrected chi connectivity index (χ2v) is 7.73. The Kier molecular flexibility index (Phi) is 6.52. The fraction of sp³-hybridized carbons (Fsp3) is 0.190. The van der Waals surface area contributed by atoms with Crippen molar-refractivity contribution < 1.29 is 19.1 Å². The zero-order valence-electron chi connectivity index (χ0n) is 17.2. The Bertz CT molecular complexity index is 1380. The van der Waals surface area contributed by atoms with E-state index in [2.05, 4.69) is 21.6 Å². The summed E-state index contributed by atoms with van der Waals surface area (Å²) in [4.78, 5) is 25.1. The number of aliphatic hydroxyl groups is 1. The fourth-order valence-corrected chi connectivity index (χ4v) is 3.78. The summed E-state index contributed by atoms with van der Waals surface area (Å²) < 4.78 is 21.8. The first kappa shape index (κ1) is 23.0. The Morgan fingerprint density at radius 3 is 2.82 bits per heavy atom. The lowest BCUT2D eigenvalue weighted by Gasteiger charge is -2.19. The second kappa shape index (κ2) is 9.36. The van der Waals surface area contributed by atoms with Crippen molar-refractivity contribution in [2.24, 2.45) is 0 Å². The summed E-state index contributed by atoms with van der Waals surface area (Å²) in [5, 5.41) is 13.5. The van der Waals surface area contributed by atoms with Crippen molar-refractivity contribution in [1.29, 1.82) is 0 Å². The standard InChI is InChI=1S/C21H18Cl2FN5O4/c1-3-13(10-30)28-9-12(8-26-28)11-6-16-19(25-7-11)27-21(31)29(16)33-20(32-2)17-14(22)4-5-15(24)18(17)23/h3-9,13,20,30H,1,10H2,2H3,(H,25,27,31). The number of H-pyrrole nitrogens is 1. The van der Waals surface area contributed by atoms with Crippen LogP contribution in [-0.4, -0.2) is 43.3 Å². The van der Waals surface area contributed by atoms with Gasteiger partial charge in [0, 0.05) is 30.6 Å². The summed E-state index contributed by atoms with van der Waals surface area (Å²) in [7, 11) is 1.30. The van der Waals surface area contributed by atoms with Crippen molar-refractivity contribution >= 4 is 34.4 Å². The highest BCUT2D eigenvalue weighted by Gasteiger charge is 2.25. The molecule has 0 aliphatic rings. The van der Waals surface area contributed by atoms with E-state index >= 15 is 0 Å². The molecular formula is C21H18Cl2FN5O4. The molecule has 0 spiro atoms. The molecule has 33 heavy (non-hydrogen) atoms. The smallest absolute Gasteiger partial charge is 0.360 e. The number of aromatic amines is 1. The highest BCUT2D eigenvalue weighted by Crippen LogP contribution is 2.34. The molecular weight excluding hydrogens is 476 g/mol. The molecule has 0 aliphatic carbocycles. The van der Waals surface area contributed by atoms with Crippen LogP contribution in [0, 0.1) is 5.82 Å². The van der Waals surface area contributed by atoms with E-state index in [4.69, 9.17) is 32.8 Å². The van der Waals surface area contributed by atoms with Gasteiger partial charge >= 0.3 is 5.69 Å². The van der Waals surface area contributed by atoms with Gasteiger partial charge in [-0.25, -0.2) is 14.2 Å². The molecule has 0 bridgehead atoms. The molecule has 0 saturated heterocycles. The summed E-state index contributed by atoms with van der Waals surface area (Å²) in [6.45, 7) is 3.52. The number of aliphatic hydroxyl groups excluding tert-OH is 1. The number of imidazole rings is 1. The van der Waals surface area contributed by atoms with Crippen LogP contribution in [0.5, 0.6) is 0 Å². The molecule has 4 rings (SSSR count). The fourth-order valence-electron chi connectivity index (χ4n) is 3.23. The number of benzene rings is 1. The summed E-state index contributed by atoms with van der Waals surface area (Å²) in [5.74, 6) is -0.713. The van der Waals surface area contributed by atoms with Crippen molar-refractivity contribution in [2.75, 3.05) is 13.7 Å². The van der Waals surface area contributed by atoms with Gasteiger partial charge in [0.15, 0.2) is 5.65 Å². The van der Waals surface area contributed by atoms with E-state index in [-0.39, 0.29) is 33.9 Å². The van der Waals surface area contributed by atoms with Crippen molar-refractivity contribution in [3.63, 3.8) is 0 Å². The van der Waals surface area contributed by atoms with E-state index in [0.717, 1.165) is 10.8 Å². The molecule has 4 aromatic rings. The predicted octanol–water partition coefficient (Wildman–Crippen LogP) is 3.53. The summed E-state index contributed by atoms with van der Waals surface area (Å²) >= 11 is 12.2. The number of hydrogen-bond acceptors (Lipinski definition) is 6. The largest absolute Gasteiger partial charge is 0.394 e. The molecule has 2 atom stereocenters. The Morgan fingerprint density at radius 1 is 1.33 bits per heavy atom. The summed E-state index contributed by atoms with van der Waals surface area (Å²) in [6, 6.07) is 3.70. The number of ether oxygens (including phenoxy) is 1. The van der Waals surface area contributed by atoms with Crippen LogP contribution in [0.4, 0.5) is 4.39 Å². The molecule has 0 radical (unpaired) electrons. The molecule has 0 fully saturated rings. The Morgan fingerprint density at radius 2 is 2.12 bits per heavy atom. The number of nitrogens with zero attached hydrogens (tertiary/aromatic N) is 4. The highest BCUT2D eigenvalue weighted by molar-refractivity contribution is 6.36. The Hall–Kier alpha value is -3.18. The molecule has 9 nitrogen and oxygen atoms in total. The van der Waals surface area contributed by atoms with Gasteiger partial charge in [-0.15, -0.1) is 11.3 Å². The predicted molar refractivity (Wildman–Crippen MR) is 121 cm³/mol. The van der Waals surface area contributed by atoms with E-state index in [1.807, 2.05) is 0 Å². The first-order valence-corrected chi connectivity index (χ1v) is 10.4. The van der Waals surface area contributed by atoms with Crippen LogP contribution in [0.1, 0.15) is 17.9 Å². The number of pyridine rings is 1. The van der Waals surface area contributed by atoms with Crippen LogP contribution in [0.25, 0.3) is 22.3 Å². The van der Waals surface area contributed by atoms with Crippen LogP contribution < -0.4 is 10.5 Å². The molecule has 172 valence electrons. The zero-order chi connectivity index (χ0) is 23.7. The lowest BCUT2D eigenvalue weighted by Crippen LogP contribution is -2.29. The van der Waals surface area contributed by atoms with Gasteiger partial charge in [0.1, 0.15) is 11.3 Å². The van der Waals surface area contributed by atoms with Gasteiger partial charge in [-0.05, 0) is 18.2 Å². The van der Waals surface area contributed by atoms with E-state index in [0.29, 0.717) is 16.6 Å². The number of hydrogen-bond donors (Lipinski definition) is 2. The first-order chi connectivity index (χ1) is 15.9. The van der Waals surface area contributed by atoms with Gasteiger partial charge in [0.05, 0.1) is 34.5 Å². The lowest BCUT2D eigenvalue weighted by atomic mass is 10.1. The van der Waals surface area contributed by atoms with E-state index in [9.17, 15) is 14.3 Å². The Labute approximate surface area is 196 Å². The third-order valence-corrected chi connectivity index (χ3v) is 5.67. The summed E-state index contributed by atoms with van der Waals surface area (Å²) in [6.07, 6.45) is 5.14. The average Bonchev–Trinajstić information content (AvgIpc) is 3.41. The molecule has 0 amide bonds. The Balaban J connectivity index is 1.75.